The molecule has 0 saturated carbocycles. The fourth-order valence-corrected chi connectivity index (χ4v) is 2.21. The Morgan fingerprint density at radius 1 is 1.10 bits per heavy atom. The van der Waals surface area contributed by atoms with Gasteiger partial charge in [-0.3, -0.25) is 0 Å². The third kappa shape index (κ3) is 3.79. The van der Waals surface area contributed by atoms with Crippen LogP contribution in [0, 0.1) is 11.6 Å². The van der Waals surface area contributed by atoms with Crippen molar-refractivity contribution in [3.8, 4) is 16.9 Å². The Hall–Kier alpha value is -1.94. The van der Waals surface area contributed by atoms with Gasteiger partial charge in [-0.05, 0) is 42.8 Å². The average molecular weight is 291 g/mol. The highest BCUT2D eigenvalue weighted by atomic mass is 19.1. The molecule has 2 nitrogen and oxygen atoms in total. The van der Waals surface area contributed by atoms with E-state index in [1.165, 1.54) is 12.1 Å². The van der Waals surface area contributed by atoms with Crippen LogP contribution in [-0.2, 0) is 6.54 Å². The van der Waals surface area contributed by atoms with E-state index in [-0.39, 0.29) is 0 Å². The lowest BCUT2D eigenvalue weighted by molar-refractivity contribution is 0.408. The van der Waals surface area contributed by atoms with Crippen molar-refractivity contribution in [1.29, 1.82) is 0 Å². The topological polar surface area (TPSA) is 21.3 Å². The van der Waals surface area contributed by atoms with E-state index in [2.05, 4.69) is 12.2 Å². The van der Waals surface area contributed by atoms with Crippen LogP contribution in [0.15, 0.2) is 36.4 Å². The van der Waals surface area contributed by atoms with Crippen LogP contribution < -0.4 is 10.1 Å². The molecule has 112 valence electrons. The first-order chi connectivity index (χ1) is 10.2. The lowest BCUT2D eigenvalue weighted by Crippen LogP contribution is -2.14. The largest absolute Gasteiger partial charge is 0.496 e. The number of ether oxygens (including phenoxy) is 1. The quantitative estimate of drug-likeness (QED) is 0.808. The second kappa shape index (κ2) is 7.18. The van der Waals surface area contributed by atoms with Crippen molar-refractivity contribution in [3.05, 3.63) is 53.6 Å². The summed E-state index contributed by atoms with van der Waals surface area (Å²) in [6.45, 7) is 3.64. The van der Waals surface area contributed by atoms with Crippen LogP contribution in [0.2, 0.25) is 0 Å². The molecule has 2 rings (SSSR count). The summed E-state index contributed by atoms with van der Waals surface area (Å²) in [5, 5.41) is 3.29. The van der Waals surface area contributed by atoms with Crippen molar-refractivity contribution in [2.75, 3.05) is 13.7 Å². The third-order valence-corrected chi connectivity index (χ3v) is 3.26. The van der Waals surface area contributed by atoms with Crippen LogP contribution in [0.4, 0.5) is 8.78 Å². The Labute approximate surface area is 123 Å². The second-order valence-electron chi connectivity index (χ2n) is 4.83. The highest BCUT2D eigenvalue weighted by Crippen LogP contribution is 2.28. The van der Waals surface area contributed by atoms with Gasteiger partial charge >= 0.3 is 0 Å². The molecule has 0 fully saturated rings. The number of hydrogen-bond donors (Lipinski definition) is 1. The summed E-state index contributed by atoms with van der Waals surface area (Å²) < 4.78 is 32.2. The summed E-state index contributed by atoms with van der Waals surface area (Å²) in [5.41, 5.74) is 2.05. The zero-order valence-corrected chi connectivity index (χ0v) is 12.2. The molecular weight excluding hydrogens is 272 g/mol. The van der Waals surface area contributed by atoms with Crippen LogP contribution in [0.5, 0.6) is 5.75 Å². The monoisotopic (exact) mass is 291 g/mol. The number of hydrogen-bond acceptors (Lipinski definition) is 2. The molecule has 0 heterocycles. The lowest BCUT2D eigenvalue weighted by Gasteiger charge is -2.12. The summed E-state index contributed by atoms with van der Waals surface area (Å²) in [6.07, 6.45) is 1.04. The van der Waals surface area contributed by atoms with Crippen LogP contribution in [0.1, 0.15) is 18.9 Å². The van der Waals surface area contributed by atoms with Crippen molar-refractivity contribution >= 4 is 0 Å². The molecule has 0 aromatic heterocycles. The summed E-state index contributed by atoms with van der Waals surface area (Å²) in [6, 6.07) is 9.07. The molecule has 21 heavy (non-hydrogen) atoms. The van der Waals surface area contributed by atoms with Crippen molar-refractivity contribution in [2.45, 2.75) is 19.9 Å². The molecule has 0 bridgehead atoms. The minimum absolute atomic E-state index is 0.385. The average Bonchev–Trinajstić information content (AvgIpc) is 2.47. The first-order valence-corrected chi connectivity index (χ1v) is 6.98. The maximum absolute atomic E-state index is 13.9. The standard InChI is InChI=1S/C17H19F2NO/c1-3-8-20-11-13-9-12(4-7-17(13)21-2)15-6-5-14(18)10-16(15)19/h4-7,9-10,20H,3,8,11H2,1-2H3. The summed E-state index contributed by atoms with van der Waals surface area (Å²) in [4.78, 5) is 0. The number of halogens is 2. The second-order valence-corrected chi connectivity index (χ2v) is 4.83. The molecular formula is C17H19F2NO. The first kappa shape index (κ1) is 15.4. The lowest BCUT2D eigenvalue weighted by atomic mass is 10.0. The predicted molar refractivity (Wildman–Crippen MR) is 80.3 cm³/mol. The molecule has 2 aromatic rings. The Bertz CT molecular complexity index is 614. The summed E-state index contributed by atoms with van der Waals surface area (Å²) >= 11 is 0. The molecule has 0 aliphatic rings. The van der Waals surface area contributed by atoms with E-state index in [1.54, 1.807) is 19.2 Å². The Morgan fingerprint density at radius 3 is 2.57 bits per heavy atom. The van der Waals surface area contributed by atoms with E-state index in [9.17, 15) is 8.78 Å². The van der Waals surface area contributed by atoms with Gasteiger partial charge in [-0.2, -0.15) is 0 Å². The zero-order valence-electron chi connectivity index (χ0n) is 12.2. The Kier molecular flexibility index (Phi) is 5.28. The van der Waals surface area contributed by atoms with E-state index in [1.807, 2.05) is 6.07 Å². The summed E-state index contributed by atoms with van der Waals surface area (Å²) in [7, 11) is 1.61. The molecule has 1 N–H and O–H groups in total. The van der Waals surface area contributed by atoms with Gasteiger partial charge in [0, 0.05) is 23.7 Å². The smallest absolute Gasteiger partial charge is 0.133 e. The van der Waals surface area contributed by atoms with Gasteiger partial charge in [-0.1, -0.05) is 13.0 Å². The maximum atomic E-state index is 13.9. The molecule has 0 aliphatic heterocycles. The molecule has 4 heteroatoms. The van der Waals surface area contributed by atoms with E-state index in [0.29, 0.717) is 17.7 Å². The minimum Gasteiger partial charge on any atom is -0.496 e. The van der Waals surface area contributed by atoms with E-state index >= 15 is 0 Å². The molecule has 2 aromatic carbocycles. The fraction of sp³-hybridized carbons (Fsp3) is 0.294. The molecule has 0 radical (unpaired) electrons. The highest BCUT2D eigenvalue weighted by Gasteiger charge is 2.10. The van der Waals surface area contributed by atoms with E-state index in [0.717, 1.165) is 30.3 Å². The van der Waals surface area contributed by atoms with Crippen molar-refractivity contribution < 1.29 is 13.5 Å². The van der Waals surface area contributed by atoms with Crippen molar-refractivity contribution in [1.82, 2.24) is 5.32 Å². The molecule has 0 saturated heterocycles. The van der Waals surface area contributed by atoms with Crippen LogP contribution in [0.3, 0.4) is 0 Å². The number of rotatable bonds is 6. The predicted octanol–water partition coefficient (Wildman–Crippen LogP) is 4.14. The van der Waals surface area contributed by atoms with Gasteiger partial charge in [-0.15, -0.1) is 0 Å². The van der Waals surface area contributed by atoms with Crippen LogP contribution in [-0.4, -0.2) is 13.7 Å². The van der Waals surface area contributed by atoms with Gasteiger partial charge in [0.2, 0.25) is 0 Å². The van der Waals surface area contributed by atoms with Gasteiger partial charge in [0.15, 0.2) is 0 Å². The van der Waals surface area contributed by atoms with Crippen molar-refractivity contribution in [3.63, 3.8) is 0 Å². The van der Waals surface area contributed by atoms with Gasteiger partial charge in [0.25, 0.3) is 0 Å². The van der Waals surface area contributed by atoms with Gasteiger partial charge in [-0.25, -0.2) is 8.78 Å². The highest BCUT2D eigenvalue weighted by molar-refractivity contribution is 5.66. The molecule has 0 atom stereocenters. The van der Waals surface area contributed by atoms with E-state index in [4.69, 9.17) is 4.74 Å². The SMILES string of the molecule is CCCNCc1cc(-c2ccc(F)cc2F)ccc1OC. The van der Waals surface area contributed by atoms with Gasteiger partial charge in [0.05, 0.1) is 7.11 Å². The maximum Gasteiger partial charge on any atom is 0.133 e. The van der Waals surface area contributed by atoms with Crippen LogP contribution in [0.25, 0.3) is 11.1 Å². The van der Waals surface area contributed by atoms with Gasteiger partial charge in [0.1, 0.15) is 17.4 Å². The third-order valence-electron chi connectivity index (χ3n) is 3.26. The molecule has 0 unspecified atom stereocenters. The summed E-state index contributed by atoms with van der Waals surface area (Å²) in [5.74, 6) is -0.382. The number of methoxy groups -OCH3 is 1. The number of nitrogens with one attached hydrogen (secondary N) is 1. The first-order valence-electron chi connectivity index (χ1n) is 6.98. The van der Waals surface area contributed by atoms with E-state index < -0.39 is 11.6 Å². The van der Waals surface area contributed by atoms with Crippen molar-refractivity contribution in [2.24, 2.45) is 0 Å². The normalized spacial score (nSPS) is 10.7. The molecule has 0 amide bonds. The van der Waals surface area contributed by atoms with Gasteiger partial charge < -0.3 is 10.1 Å². The number of benzene rings is 2. The van der Waals surface area contributed by atoms with Crippen LogP contribution >= 0.6 is 0 Å². The minimum atomic E-state index is -0.574. The fourth-order valence-electron chi connectivity index (χ4n) is 2.21. The molecule has 0 aliphatic carbocycles. The Balaban J connectivity index is 2.34. The Morgan fingerprint density at radius 2 is 1.90 bits per heavy atom. The zero-order chi connectivity index (χ0) is 15.2. The molecule has 0 spiro atoms.